The van der Waals surface area contributed by atoms with Crippen LogP contribution in [0.4, 0.5) is 0 Å². The quantitative estimate of drug-likeness (QED) is 0.286. The molecule has 8 heteroatoms. The Kier molecular flexibility index (Phi) is 7.32. The Morgan fingerprint density at radius 2 is 1.15 bits per heavy atom. The Labute approximate surface area is 145 Å². The Balaban J connectivity index is 5.04. The van der Waals surface area contributed by atoms with Gasteiger partial charge in [0, 0.05) is 0 Å². The second kappa shape index (κ2) is 5.65. The molecule has 0 nitrogen and oxygen atoms in total. The maximum absolute atomic E-state index is 3.57. The van der Waals surface area contributed by atoms with E-state index in [-0.39, 0.29) is 3.23 Å². The largest absolute Gasteiger partial charge is 0.135 e. The summed E-state index contributed by atoms with van der Waals surface area (Å²) in [5.41, 5.74) is 0. The van der Waals surface area contributed by atoms with E-state index in [0.717, 1.165) is 3.74 Å². The molecule has 0 atom stereocenters. The van der Waals surface area contributed by atoms with Crippen LogP contribution in [0.5, 0.6) is 0 Å². The Morgan fingerprint density at radius 3 is 1.23 bits per heavy atom. The fraction of sp³-hybridized carbons (Fsp3) is 0.800. The summed E-state index contributed by atoms with van der Waals surface area (Å²) >= 11 is 28.0. The molecule has 13 heavy (non-hydrogen) atoms. The summed E-state index contributed by atoms with van der Waals surface area (Å²) in [5, 5.41) is 0. The fourth-order valence-corrected chi connectivity index (χ4v) is 4.90. The van der Waals surface area contributed by atoms with E-state index in [0.29, 0.717) is 0 Å². The molecule has 0 aromatic heterocycles. The molecular formula is C5H3Br8. The van der Waals surface area contributed by atoms with Gasteiger partial charge in [-0.2, -0.15) is 0 Å². The van der Waals surface area contributed by atoms with Gasteiger partial charge in [0.2, 0.25) is 0 Å². The molecule has 0 fully saturated rings. The summed E-state index contributed by atoms with van der Waals surface area (Å²) in [6.07, 6.45) is 0. The lowest BCUT2D eigenvalue weighted by Crippen LogP contribution is -2.47. The van der Waals surface area contributed by atoms with Crippen molar-refractivity contribution in [1.82, 2.24) is 0 Å². The maximum Gasteiger partial charge on any atom is 0.135 e. The Morgan fingerprint density at radius 1 is 0.846 bits per heavy atom. The first-order chi connectivity index (χ1) is 5.44. The SMILES string of the molecule is CC(Br)(Br)C(Br)(Br)C(Br)(Br)[C](Br)Br. The first-order valence-electron chi connectivity index (χ1n) is 2.76. The summed E-state index contributed by atoms with van der Waals surface area (Å²) < 4.78 is -0.518. The molecule has 0 N–H and O–H groups in total. The molecule has 0 unspecified atom stereocenters. The summed E-state index contributed by atoms with van der Waals surface area (Å²) in [6.45, 7) is 1.97. The topological polar surface area (TPSA) is 0 Å². The number of hydrogen-bond donors (Lipinski definition) is 0. The van der Waals surface area contributed by atoms with Gasteiger partial charge in [0.25, 0.3) is 0 Å². The van der Waals surface area contributed by atoms with Gasteiger partial charge >= 0.3 is 0 Å². The molecule has 0 heterocycles. The highest BCUT2D eigenvalue weighted by atomic mass is 79.9. The predicted molar refractivity (Wildman–Crippen MR) is 88.5 cm³/mol. The molecule has 0 spiro atoms. The van der Waals surface area contributed by atoms with Gasteiger partial charge in [-0.05, 0) is 6.92 Å². The van der Waals surface area contributed by atoms with Crippen LogP contribution in [0.2, 0.25) is 0 Å². The first-order valence-corrected chi connectivity index (χ1v) is 9.11. The van der Waals surface area contributed by atoms with Crippen LogP contribution < -0.4 is 0 Å². The summed E-state index contributed by atoms with van der Waals surface area (Å²) in [4.78, 5) is 0. The van der Waals surface area contributed by atoms with E-state index in [1.165, 1.54) is 0 Å². The van der Waals surface area contributed by atoms with Gasteiger partial charge in [0.05, 0.1) is 0 Å². The van der Waals surface area contributed by atoms with Crippen molar-refractivity contribution in [3.63, 3.8) is 0 Å². The third-order valence-electron chi connectivity index (χ3n) is 1.18. The van der Waals surface area contributed by atoms with Crippen LogP contribution in [0.15, 0.2) is 0 Å². The third-order valence-corrected chi connectivity index (χ3v) is 14.7. The molecule has 0 aliphatic rings. The summed E-state index contributed by atoms with van der Waals surface area (Å²) in [6, 6.07) is 0. The van der Waals surface area contributed by atoms with Crippen LogP contribution >= 0.6 is 127 Å². The minimum atomic E-state index is -0.505. The lowest BCUT2D eigenvalue weighted by molar-refractivity contribution is 0.788. The Bertz CT molecular complexity index is 177. The van der Waals surface area contributed by atoms with Crippen molar-refractivity contribution in [3.05, 3.63) is 3.74 Å². The molecule has 0 saturated carbocycles. The van der Waals surface area contributed by atoms with E-state index in [9.17, 15) is 0 Å². The molecule has 0 aliphatic carbocycles. The number of hydrogen-bond acceptors (Lipinski definition) is 0. The first kappa shape index (κ1) is 16.8. The third kappa shape index (κ3) is 3.91. The fourth-order valence-electron chi connectivity index (χ4n) is 0.394. The molecule has 0 rings (SSSR count). The van der Waals surface area contributed by atoms with Crippen molar-refractivity contribution in [1.29, 1.82) is 0 Å². The number of rotatable bonds is 3. The zero-order chi connectivity index (χ0) is 11.1. The van der Waals surface area contributed by atoms with Crippen molar-refractivity contribution in [2.75, 3.05) is 0 Å². The molecule has 0 aromatic carbocycles. The molecule has 0 aliphatic heterocycles. The summed E-state index contributed by atoms with van der Waals surface area (Å²) in [5.74, 6) is 0. The van der Waals surface area contributed by atoms with E-state index in [1.54, 1.807) is 0 Å². The van der Waals surface area contributed by atoms with Crippen LogP contribution in [0, 0.1) is 3.74 Å². The standard InChI is InChI=1S/C5H3Br8/c1-3(8,9)5(12,13)4(10,11)2(6)7/h1H3. The van der Waals surface area contributed by atoms with E-state index < -0.39 is 6.47 Å². The van der Waals surface area contributed by atoms with Crippen molar-refractivity contribution < 1.29 is 0 Å². The van der Waals surface area contributed by atoms with Crippen LogP contribution in [-0.2, 0) is 0 Å². The molecular weight excluding hydrogens is 699 g/mol. The van der Waals surface area contributed by atoms with E-state index in [4.69, 9.17) is 0 Å². The van der Waals surface area contributed by atoms with Gasteiger partial charge in [-0.25, -0.2) is 0 Å². The molecule has 0 aromatic rings. The van der Waals surface area contributed by atoms with Crippen molar-refractivity contribution >= 4 is 127 Å². The van der Waals surface area contributed by atoms with Gasteiger partial charge < -0.3 is 0 Å². The van der Waals surface area contributed by atoms with Crippen LogP contribution in [0.3, 0.4) is 0 Å². The smallest absolute Gasteiger partial charge is 0.0704 e. The van der Waals surface area contributed by atoms with Crippen molar-refractivity contribution in [2.24, 2.45) is 0 Å². The molecule has 0 amide bonds. The van der Waals surface area contributed by atoms with E-state index in [2.05, 4.69) is 127 Å². The van der Waals surface area contributed by atoms with Crippen molar-refractivity contribution in [2.45, 2.75) is 16.6 Å². The predicted octanol–water partition coefficient (Wildman–Crippen LogP) is 6.74. The highest BCUT2D eigenvalue weighted by Crippen LogP contribution is 2.64. The monoisotopic (exact) mass is 694 g/mol. The normalized spacial score (nSPS) is 15.2. The van der Waals surface area contributed by atoms with Crippen LogP contribution in [0.1, 0.15) is 6.92 Å². The maximum atomic E-state index is 3.57. The average Bonchev–Trinajstić information content (AvgIpc) is 1.84. The van der Waals surface area contributed by atoms with Crippen LogP contribution in [-0.4, -0.2) is 9.70 Å². The minimum Gasteiger partial charge on any atom is -0.0704 e. The minimum absolute atomic E-state index is 0.354. The van der Waals surface area contributed by atoms with Gasteiger partial charge in [-0.1, -0.05) is 127 Å². The van der Waals surface area contributed by atoms with Gasteiger partial charge in [0.1, 0.15) is 13.4 Å². The van der Waals surface area contributed by atoms with Crippen molar-refractivity contribution in [3.8, 4) is 0 Å². The number of halogens is 8. The van der Waals surface area contributed by atoms with E-state index in [1.807, 2.05) is 6.92 Å². The average molecular weight is 702 g/mol. The summed E-state index contributed by atoms with van der Waals surface area (Å²) in [7, 11) is 0. The zero-order valence-corrected chi connectivity index (χ0v) is 18.7. The second-order valence-corrected chi connectivity index (χ2v) is 16.1. The highest BCUT2D eigenvalue weighted by molar-refractivity contribution is 9.35. The number of alkyl halides is 6. The van der Waals surface area contributed by atoms with Crippen LogP contribution in [0.25, 0.3) is 0 Å². The van der Waals surface area contributed by atoms with Gasteiger partial charge in [-0.15, -0.1) is 0 Å². The lowest BCUT2D eigenvalue weighted by Gasteiger charge is -2.42. The molecule has 0 bridgehead atoms. The lowest BCUT2D eigenvalue weighted by atomic mass is 10.3. The molecule has 1 radical (unpaired) electrons. The zero-order valence-electron chi connectivity index (χ0n) is 6.02. The highest BCUT2D eigenvalue weighted by Gasteiger charge is 2.58. The van der Waals surface area contributed by atoms with Gasteiger partial charge in [0.15, 0.2) is 0 Å². The van der Waals surface area contributed by atoms with Gasteiger partial charge in [-0.3, -0.25) is 0 Å². The second-order valence-electron chi connectivity index (χ2n) is 2.30. The molecule has 0 saturated heterocycles. The molecule has 79 valence electrons. The van der Waals surface area contributed by atoms with E-state index >= 15 is 0 Å². The Hall–Kier alpha value is 3.84.